The molecule has 168 valence electrons. The highest BCUT2D eigenvalue weighted by molar-refractivity contribution is 6.31. The summed E-state index contributed by atoms with van der Waals surface area (Å²) >= 11 is 0. The first-order valence-electron chi connectivity index (χ1n) is 10.1. The molecule has 0 N–H and O–H groups in total. The predicted octanol–water partition coefficient (Wildman–Crippen LogP) is 5.29. The number of para-hydroxylation sites is 2. The van der Waals surface area contributed by atoms with Crippen molar-refractivity contribution in [2.75, 3.05) is 28.4 Å². The number of methoxy groups -OCH3 is 4. The first-order valence-corrected chi connectivity index (χ1v) is 10.1. The van der Waals surface area contributed by atoms with Gasteiger partial charge in [-0.05, 0) is 60.2 Å². The average molecular weight is 445 g/mol. The highest BCUT2D eigenvalue weighted by Gasteiger charge is 2.21. The van der Waals surface area contributed by atoms with Gasteiger partial charge in [-0.1, -0.05) is 12.1 Å². The van der Waals surface area contributed by atoms with Gasteiger partial charge in [0.05, 0.1) is 34.0 Å². The minimum absolute atomic E-state index is 0.214. The third kappa shape index (κ3) is 4.39. The number of oxazole rings is 1. The summed E-state index contributed by atoms with van der Waals surface area (Å²) in [6.07, 6.45) is 1.70. The minimum atomic E-state index is -0.252. The van der Waals surface area contributed by atoms with Gasteiger partial charge in [-0.25, -0.2) is 4.98 Å². The monoisotopic (exact) mass is 445 g/mol. The summed E-state index contributed by atoms with van der Waals surface area (Å²) in [5.41, 5.74) is 2.66. The van der Waals surface area contributed by atoms with Crippen LogP contribution in [0.4, 0.5) is 0 Å². The van der Waals surface area contributed by atoms with Gasteiger partial charge < -0.3 is 23.4 Å². The van der Waals surface area contributed by atoms with E-state index in [1.807, 2.05) is 18.2 Å². The average Bonchev–Trinajstić information content (AvgIpc) is 3.30. The predicted molar refractivity (Wildman–Crippen MR) is 125 cm³/mol. The third-order valence-corrected chi connectivity index (χ3v) is 5.12. The Kier molecular flexibility index (Phi) is 6.31. The number of carbonyl (C=O) groups is 1. The molecular weight excluding hydrogens is 422 g/mol. The third-order valence-electron chi connectivity index (χ3n) is 5.12. The number of aromatic nitrogens is 1. The Morgan fingerprint density at radius 1 is 0.848 bits per heavy atom. The Hall–Kier alpha value is -4.26. The van der Waals surface area contributed by atoms with Gasteiger partial charge in [0.15, 0.2) is 22.9 Å². The quantitative estimate of drug-likeness (QED) is 0.269. The van der Waals surface area contributed by atoms with Gasteiger partial charge >= 0.3 is 0 Å². The standard InChI is InChI=1S/C26H23NO6/c1-29-18-11-9-17(10-12-18)24(28)19(26-27-20-7-5-6-8-21(20)33-26)13-16-14-22(30-2)25(32-4)23(15-16)31-3/h5-15H,1-4H3/b19-13-. The maximum Gasteiger partial charge on any atom is 0.231 e. The molecule has 1 aromatic heterocycles. The van der Waals surface area contributed by atoms with Crippen LogP contribution in [0.3, 0.4) is 0 Å². The molecule has 0 spiro atoms. The van der Waals surface area contributed by atoms with Crippen molar-refractivity contribution in [3.8, 4) is 23.0 Å². The summed E-state index contributed by atoms with van der Waals surface area (Å²) in [6, 6.07) is 17.7. The molecule has 4 aromatic rings. The minimum Gasteiger partial charge on any atom is -0.497 e. The van der Waals surface area contributed by atoms with Crippen molar-refractivity contribution in [3.05, 3.63) is 77.7 Å². The molecule has 0 saturated carbocycles. The first-order chi connectivity index (χ1) is 16.1. The molecule has 0 radical (unpaired) electrons. The Balaban J connectivity index is 1.88. The van der Waals surface area contributed by atoms with Crippen LogP contribution in [0.15, 0.2) is 65.1 Å². The highest BCUT2D eigenvalue weighted by Crippen LogP contribution is 2.39. The van der Waals surface area contributed by atoms with Crippen LogP contribution in [0.2, 0.25) is 0 Å². The normalized spacial score (nSPS) is 11.3. The molecule has 0 unspecified atom stereocenters. The van der Waals surface area contributed by atoms with Crippen LogP contribution in [-0.2, 0) is 0 Å². The van der Waals surface area contributed by atoms with Gasteiger partial charge in [0.25, 0.3) is 0 Å². The zero-order valence-electron chi connectivity index (χ0n) is 18.7. The second-order valence-corrected chi connectivity index (χ2v) is 7.06. The van der Waals surface area contributed by atoms with E-state index >= 15 is 0 Å². The van der Waals surface area contributed by atoms with E-state index in [0.717, 1.165) is 0 Å². The van der Waals surface area contributed by atoms with E-state index in [1.165, 1.54) is 21.3 Å². The van der Waals surface area contributed by atoms with Crippen molar-refractivity contribution < 1.29 is 28.2 Å². The fraction of sp³-hybridized carbons (Fsp3) is 0.154. The number of Topliss-reactive ketones (excluding diaryl/α,β-unsaturated/α-hetero) is 1. The molecular formula is C26H23NO6. The number of ketones is 1. The zero-order valence-corrected chi connectivity index (χ0v) is 18.7. The Bertz CT molecular complexity index is 1260. The number of hydrogen-bond donors (Lipinski definition) is 0. The lowest BCUT2D eigenvalue weighted by Crippen LogP contribution is -2.04. The van der Waals surface area contributed by atoms with Crippen LogP contribution in [0.25, 0.3) is 22.7 Å². The van der Waals surface area contributed by atoms with Gasteiger partial charge in [-0.2, -0.15) is 0 Å². The summed E-state index contributed by atoms with van der Waals surface area (Å²) in [6.45, 7) is 0. The van der Waals surface area contributed by atoms with Crippen LogP contribution in [-0.4, -0.2) is 39.2 Å². The van der Waals surface area contributed by atoms with Crippen molar-refractivity contribution >= 4 is 28.5 Å². The lowest BCUT2D eigenvalue weighted by molar-refractivity contribution is 0.105. The van der Waals surface area contributed by atoms with Crippen molar-refractivity contribution in [2.24, 2.45) is 0 Å². The highest BCUT2D eigenvalue weighted by atomic mass is 16.5. The van der Waals surface area contributed by atoms with Crippen molar-refractivity contribution in [2.45, 2.75) is 0 Å². The number of hydrogen-bond acceptors (Lipinski definition) is 7. The first kappa shape index (κ1) is 22.0. The van der Waals surface area contributed by atoms with Crippen molar-refractivity contribution in [1.29, 1.82) is 0 Å². The Morgan fingerprint density at radius 3 is 2.09 bits per heavy atom. The van der Waals surface area contributed by atoms with Crippen molar-refractivity contribution in [1.82, 2.24) is 4.98 Å². The number of allylic oxidation sites excluding steroid dienone is 1. The maximum atomic E-state index is 13.6. The number of nitrogens with zero attached hydrogens (tertiary/aromatic N) is 1. The largest absolute Gasteiger partial charge is 0.497 e. The van der Waals surface area contributed by atoms with E-state index < -0.39 is 0 Å². The molecule has 7 nitrogen and oxygen atoms in total. The molecule has 0 fully saturated rings. The van der Waals surface area contributed by atoms with Crippen LogP contribution in [0.1, 0.15) is 21.8 Å². The zero-order chi connectivity index (χ0) is 23.4. The van der Waals surface area contributed by atoms with E-state index in [0.29, 0.717) is 45.2 Å². The molecule has 7 heteroatoms. The summed E-state index contributed by atoms with van der Waals surface area (Å²) in [4.78, 5) is 18.1. The molecule has 0 amide bonds. The Labute approximate surface area is 191 Å². The second-order valence-electron chi connectivity index (χ2n) is 7.06. The fourth-order valence-electron chi connectivity index (χ4n) is 3.46. The smallest absolute Gasteiger partial charge is 0.231 e. The number of benzene rings is 3. The number of rotatable bonds is 8. The van der Waals surface area contributed by atoms with Gasteiger partial charge in [0.2, 0.25) is 11.6 Å². The molecule has 0 aliphatic carbocycles. The van der Waals surface area contributed by atoms with E-state index in [1.54, 1.807) is 55.7 Å². The van der Waals surface area contributed by atoms with Gasteiger partial charge in [0, 0.05) is 5.56 Å². The van der Waals surface area contributed by atoms with Crippen LogP contribution in [0.5, 0.6) is 23.0 Å². The molecule has 0 atom stereocenters. The van der Waals surface area contributed by atoms with Crippen LogP contribution in [0, 0.1) is 0 Å². The maximum absolute atomic E-state index is 13.6. The van der Waals surface area contributed by atoms with Gasteiger partial charge in [-0.15, -0.1) is 0 Å². The molecule has 0 aliphatic heterocycles. The van der Waals surface area contributed by atoms with Crippen LogP contribution < -0.4 is 18.9 Å². The van der Waals surface area contributed by atoms with E-state index in [-0.39, 0.29) is 17.2 Å². The molecule has 1 heterocycles. The fourth-order valence-corrected chi connectivity index (χ4v) is 3.46. The van der Waals surface area contributed by atoms with E-state index in [9.17, 15) is 4.79 Å². The van der Waals surface area contributed by atoms with E-state index in [4.69, 9.17) is 23.4 Å². The molecule has 0 bridgehead atoms. The summed E-state index contributed by atoms with van der Waals surface area (Å²) in [5.74, 6) is 2.02. The number of ether oxygens (including phenoxy) is 4. The lowest BCUT2D eigenvalue weighted by Gasteiger charge is -2.13. The topological polar surface area (TPSA) is 80.0 Å². The van der Waals surface area contributed by atoms with Crippen molar-refractivity contribution in [3.63, 3.8) is 0 Å². The second kappa shape index (κ2) is 9.48. The molecule has 3 aromatic carbocycles. The number of carbonyl (C=O) groups excluding carboxylic acids is 1. The van der Waals surface area contributed by atoms with Gasteiger partial charge in [0.1, 0.15) is 11.3 Å². The molecule has 33 heavy (non-hydrogen) atoms. The van der Waals surface area contributed by atoms with Crippen LogP contribution >= 0.6 is 0 Å². The summed E-state index contributed by atoms with van der Waals surface area (Å²) in [5, 5.41) is 0. The summed E-state index contributed by atoms with van der Waals surface area (Å²) in [7, 11) is 6.18. The SMILES string of the molecule is COc1ccc(C(=O)/C(=C/c2cc(OC)c(OC)c(OC)c2)c2nc3ccccc3o2)cc1. The van der Waals surface area contributed by atoms with E-state index in [2.05, 4.69) is 4.98 Å². The number of fused-ring (bicyclic) bond motifs is 1. The molecule has 0 saturated heterocycles. The molecule has 0 aliphatic rings. The molecule has 4 rings (SSSR count). The lowest BCUT2D eigenvalue weighted by atomic mass is 10.00. The Morgan fingerprint density at radius 2 is 1.52 bits per heavy atom. The summed E-state index contributed by atoms with van der Waals surface area (Å²) < 4.78 is 27.4. The van der Waals surface area contributed by atoms with Gasteiger partial charge in [-0.3, -0.25) is 4.79 Å².